The first-order valence-electron chi connectivity index (χ1n) is 10.4. The third kappa shape index (κ3) is 5.25. The summed E-state index contributed by atoms with van der Waals surface area (Å²) in [7, 11) is 0. The van der Waals surface area contributed by atoms with E-state index < -0.39 is 35.0 Å². The van der Waals surface area contributed by atoms with Crippen molar-refractivity contribution in [2.24, 2.45) is 0 Å². The molecule has 176 valence electrons. The Labute approximate surface area is 198 Å². The summed E-state index contributed by atoms with van der Waals surface area (Å²) in [4.78, 5) is 27.9. The summed E-state index contributed by atoms with van der Waals surface area (Å²) in [5.74, 6) is -0.895. The molecule has 9 heteroatoms. The number of benzene rings is 3. The molecule has 0 aromatic heterocycles. The molecule has 1 N–H and O–H groups in total. The lowest BCUT2D eigenvalue weighted by Crippen LogP contribution is -2.47. The van der Waals surface area contributed by atoms with Gasteiger partial charge in [-0.3, -0.25) is 9.59 Å². The second kappa shape index (κ2) is 9.89. The molecule has 4 rings (SSSR count). The minimum Gasteiger partial charge on any atom is -0.350 e. The van der Waals surface area contributed by atoms with Gasteiger partial charge in [-0.1, -0.05) is 42.5 Å². The maximum absolute atomic E-state index is 13.4. The first-order valence-corrected chi connectivity index (χ1v) is 11.5. The Bertz CT molecular complexity index is 1150. The van der Waals surface area contributed by atoms with E-state index in [2.05, 4.69) is 5.32 Å². The molecule has 2 unspecified atom stereocenters. The molecule has 1 fully saturated rings. The van der Waals surface area contributed by atoms with Crippen molar-refractivity contribution in [3.05, 3.63) is 107 Å². The van der Waals surface area contributed by atoms with E-state index in [0.717, 1.165) is 12.1 Å². The number of hydrogen-bond donors (Lipinski definition) is 1. The van der Waals surface area contributed by atoms with Gasteiger partial charge in [-0.05, 0) is 47.5 Å². The molecule has 2 amide bonds. The number of hydrogen-bond acceptors (Lipinski definition) is 3. The molecule has 0 aliphatic carbocycles. The van der Waals surface area contributed by atoms with E-state index >= 15 is 0 Å². The highest BCUT2D eigenvalue weighted by Crippen LogP contribution is 2.43. The molecular formula is C25H20F4N2O2S. The van der Waals surface area contributed by atoms with Crippen LogP contribution < -0.4 is 5.32 Å². The van der Waals surface area contributed by atoms with Crippen molar-refractivity contribution < 1.29 is 27.2 Å². The predicted molar refractivity (Wildman–Crippen MR) is 121 cm³/mol. The first-order chi connectivity index (χ1) is 16.2. The molecule has 0 radical (unpaired) electrons. The van der Waals surface area contributed by atoms with Crippen LogP contribution in [-0.4, -0.2) is 28.5 Å². The van der Waals surface area contributed by atoms with Gasteiger partial charge in [0.15, 0.2) is 0 Å². The minimum atomic E-state index is -4.47. The van der Waals surface area contributed by atoms with Gasteiger partial charge in [0.2, 0.25) is 5.91 Å². The predicted octanol–water partition coefficient (Wildman–Crippen LogP) is 5.42. The van der Waals surface area contributed by atoms with Gasteiger partial charge in [0.25, 0.3) is 5.91 Å². The Morgan fingerprint density at radius 2 is 1.59 bits per heavy atom. The lowest BCUT2D eigenvalue weighted by Gasteiger charge is -2.29. The standard InChI is InChI=1S/C25H20F4N2O2S/c26-20-12-6-16(7-13-20)14-30-22(32)21-15-34-24(18-8-10-19(11-9-18)25(27,28)29)31(21)23(33)17-4-2-1-3-5-17/h1-13,21,24H,14-15H2,(H,30,32). The second-order valence-corrected chi connectivity index (χ2v) is 8.86. The fraction of sp³-hybridized carbons (Fsp3) is 0.200. The zero-order valence-electron chi connectivity index (χ0n) is 17.8. The van der Waals surface area contributed by atoms with Crippen molar-refractivity contribution in [3.8, 4) is 0 Å². The van der Waals surface area contributed by atoms with E-state index in [1.54, 1.807) is 42.5 Å². The van der Waals surface area contributed by atoms with E-state index in [0.29, 0.717) is 16.7 Å². The van der Waals surface area contributed by atoms with Gasteiger partial charge in [0.1, 0.15) is 17.2 Å². The summed E-state index contributed by atoms with van der Waals surface area (Å²) in [5, 5.41) is 2.15. The number of amides is 2. The summed E-state index contributed by atoms with van der Waals surface area (Å²) >= 11 is 1.31. The van der Waals surface area contributed by atoms with Crippen LogP contribution in [0.15, 0.2) is 78.9 Å². The van der Waals surface area contributed by atoms with Crippen LogP contribution in [0.5, 0.6) is 0 Å². The molecule has 0 bridgehead atoms. The Hall–Kier alpha value is -3.33. The monoisotopic (exact) mass is 488 g/mol. The normalized spacial score (nSPS) is 18.1. The lowest BCUT2D eigenvalue weighted by molar-refractivity contribution is -0.137. The fourth-order valence-corrected chi connectivity index (χ4v) is 5.12. The summed E-state index contributed by atoms with van der Waals surface area (Å²) in [6, 6.07) is 17.9. The fourth-order valence-electron chi connectivity index (χ4n) is 3.69. The third-order valence-electron chi connectivity index (χ3n) is 5.46. The van der Waals surface area contributed by atoms with E-state index in [4.69, 9.17) is 0 Å². The highest BCUT2D eigenvalue weighted by Gasteiger charge is 2.42. The number of halogens is 4. The number of alkyl halides is 3. The van der Waals surface area contributed by atoms with E-state index in [9.17, 15) is 27.2 Å². The molecule has 1 saturated heterocycles. The molecule has 0 spiro atoms. The highest BCUT2D eigenvalue weighted by molar-refractivity contribution is 7.99. The smallest absolute Gasteiger partial charge is 0.350 e. The van der Waals surface area contributed by atoms with E-state index in [1.165, 1.54) is 40.9 Å². The average molecular weight is 489 g/mol. The number of carbonyl (C=O) groups is 2. The molecule has 0 saturated carbocycles. The van der Waals surface area contributed by atoms with Crippen LogP contribution in [0.25, 0.3) is 0 Å². The van der Waals surface area contributed by atoms with E-state index in [1.807, 2.05) is 0 Å². The minimum absolute atomic E-state index is 0.151. The summed E-state index contributed by atoms with van der Waals surface area (Å²) in [6.45, 7) is 0.151. The van der Waals surface area contributed by atoms with Gasteiger partial charge >= 0.3 is 6.18 Å². The molecule has 34 heavy (non-hydrogen) atoms. The maximum atomic E-state index is 13.4. The number of rotatable bonds is 5. The zero-order chi connectivity index (χ0) is 24.3. The van der Waals surface area contributed by atoms with Crippen LogP contribution in [0, 0.1) is 5.82 Å². The van der Waals surface area contributed by atoms with Crippen molar-refractivity contribution in [1.29, 1.82) is 0 Å². The van der Waals surface area contributed by atoms with Gasteiger partial charge in [-0.15, -0.1) is 11.8 Å². The van der Waals surface area contributed by atoms with Crippen LogP contribution in [0.4, 0.5) is 17.6 Å². The summed E-state index contributed by atoms with van der Waals surface area (Å²) in [6.07, 6.45) is -4.47. The largest absolute Gasteiger partial charge is 0.416 e. The third-order valence-corrected chi connectivity index (χ3v) is 6.78. The molecule has 4 nitrogen and oxygen atoms in total. The van der Waals surface area contributed by atoms with Crippen LogP contribution in [0.2, 0.25) is 0 Å². The second-order valence-electron chi connectivity index (χ2n) is 7.74. The van der Waals surface area contributed by atoms with E-state index in [-0.39, 0.29) is 18.1 Å². The van der Waals surface area contributed by atoms with Crippen molar-refractivity contribution in [3.63, 3.8) is 0 Å². The molecule has 2 atom stereocenters. The van der Waals surface area contributed by atoms with Crippen molar-refractivity contribution in [2.75, 3.05) is 5.75 Å². The SMILES string of the molecule is O=C(NCc1ccc(F)cc1)C1CSC(c2ccc(C(F)(F)F)cc2)N1C(=O)c1ccccc1. The maximum Gasteiger partial charge on any atom is 0.416 e. The summed E-state index contributed by atoms with van der Waals surface area (Å²) in [5.41, 5.74) is 0.781. The molecule has 3 aromatic rings. The van der Waals surface area contributed by atoms with Crippen LogP contribution in [0.1, 0.15) is 32.4 Å². The molecule has 1 aliphatic heterocycles. The summed E-state index contributed by atoms with van der Waals surface area (Å²) < 4.78 is 52.1. The zero-order valence-corrected chi connectivity index (χ0v) is 18.6. The number of carbonyl (C=O) groups excluding carboxylic acids is 2. The Balaban J connectivity index is 1.58. The molecular weight excluding hydrogens is 468 g/mol. The number of thioether (sulfide) groups is 1. The van der Waals surface area contributed by atoms with Crippen molar-refractivity contribution in [1.82, 2.24) is 10.2 Å². The average Bonchev–Trinajstić information content (AvgIpc) is 3.28. The van der Waals surface area contributed by atoms with Crippen LogP contribution >= 0.6 is 11.8 Å². The van der Waals surface area contributed by atoms with Crippen molar-refractivity contribution >= 4 is 23.6 Å². The Kier molecular flexibility index (Phi) is 6.92. The quantitative estimate of drug-likeness (QED) is 0.488. The Morgan fingerprint density at radius 1 is 0.941 bits per heavy atom. The molecule has 3 aromatic carbocycles. The van der Waals surface area contributed by atoms with Gasteiger partial charge in [-0.2, -0.15) is 13.2 Å². The number of nitrogens with one attached hydrogen (secondary N) is 1. The molecule has 1 heterocycles. The van der Waals surface area contributed by atoms with Gasteiger partial charge in [0, 0.05) is 17.9 Å². The van der Waals surface area contributed by atoms with Crippen LogP contribution in [0.3, 0.4) is 0 Å². The first kappa shape index (κ1) is 23.8. The van der Waals surface area contributed by atoms with Crippen molar-refractivity contribution in [2.45, 2.75) is 24.1 Å². The van der Waals surface area contributed by atoms with Crippen LogP contribution in [-0.2, 0) is 17.5 Å². The lowest BCUT2D eigenvalue weighted by atomic mass is 10.1. The van der Waals surface area contributed by atoms with Gasteiger partial charge in [-0.25, -0.2) is 4.39 Å². The highest BCUT2D eigenvalue weighted by atomic mass is 32.2. The number of nitrogens with zero attached hydrogens (tertiary/aromatic N) is 1. The van der Waals surface area contributed by atoms with Gasteiger partial charge < -0.3 is 10.2 Å². The topological polar surface area (TPSA) is 49.4 Å². The molecule has 1 aliphatic rings. The van der Waals surface area contributed by atoms with Gasteiger partial charge in [0.05, 0.1) is 5.56 Å². The Morgan fingerprint density at radius 3 is 2.21 bits per heavy atom.